The highest BCUT2D eigenvalue weighted by Crippen LogP contribution is 2.04. The van der Waals surface area contributed by atoms with Gasteiger partial charge in [-0.3, -0.25) is 0 Å². The summed E-state index contributed by atoms with van der Waals surface area (Å²) in [7, 11) is 0. The highest BCUT2D eigenvalue weighted by atomic mass is 16.6. The van der Waals surface area contributed by atoms with Gasteiger partial charge in [0.2, 0.25) is 0 Å². The van der Waals surface area contributed by atoms with E-state index in [1.54, 1.807) is 0 Å². The van der Waals surface area contributed by atoms with Gasteiger partial charge in [0.1, 0.15) is 6.10 Å². The fourth-order valence-corrected chi connectivity index (χ4v) is 1.36. The van der Waals surface area contributed by atoms with E-state index in [4.69, 9.17) is 14.2 Å². The molecule has 2 unspecified atom stereocenters. The second-order valence-corrected chi connectivity index (χ2v) is 4.79. The van der Waals surface area contributed by atoms with E-state index in [1.807, 2.05) is 13.8 Å². The van der Waals surface area contributed by atoms with Gasteiger partial charge in [0.05, 0.1) is 25.4 Å². The zero-order valence-electron chi connectivity index (χ0n) is 12.2. The smallest absolute Gasteiger partial charge is 0.104 e. The lowest BCUT2D eigenvalue weighted by Gasteiger charge is -2.22. The third kappa shape index (κ3) is 10.7. The minimum absolute atomic E-state index is 0.0563. The second-order valence-electron chi connectivity index (χ2n) is 4.79. The SMILES string of the molecule is CCCCOCC(COC(C)CC)OC(C)C. The number of hydrogen-bond acceptors (Lipinski definition) is 3. The third-order valence-corrected chi connectivity index (χ3v) is 2.55. The van der Waals surface area contributed by atoms with Crippen molar-refractivity contribution in [2.24, 2.45) is 0 Å². The molecule has 0 bridgehead atoms. The monoisotopic (exact) mass is 246 g/mol. The van der Waals surface area contributed by atoms with Gasteiger partial charge < -0.3 is 14.2 Å². The molecule has 0 amide bonds. The van der Waals surface area contributed by atoms with Crippen LogP contribution in [-0.2, 0) is 14.2 Å². The molecule has 0 saturated carbocycles. The van der Waals surface area contributed by atoms with Crippen LogP contribution in [0.4, 0.5) is 0 Å². The highest BCUT2D eigenvalue weighted by Gasteiger charge is 2.13. The van der Waals surface area contributed by atoms with Crippen LogP contribution in [0.3, 0.4) is 0 Å². The van der Waals surface area contributed by atoms with E-state index in [-0.39, 0.29) is 12.2 Å². The first-order valence-electron chi connectivity index (χ1n) is 6.94. The van der Waals surface area contributed by atoms with Crippen LogP contribution in [0.25, 0.3) is 0 Å². The zero-order chi connectivity index (χ0) is 13.1. The summed E-state index contributed by atoms with van der Waals surface area (Å²) >= 11 is 0. The maximum absolute atomic E-state index is 5.78. The van der Waals surface area contributed by atoms with Crippen LogP contribution in [0.5, 0.6) is 0 Å². The largest absolute Gasteiger partial charge is 0.379 e. The first kappa shape index (κ1) is 16.9. The maximum Gasteiger partial charge on any atom is 0.104 e. The summed E-state index contributed by atoms with van der Waals surface area (Å²) in [5.41, 5.74) is 0. The van der Waals surface area contributed by atoms with Gasteiger partial charge in [-0.25, -0.2) is 0 Å². The van der Waals surface area contributed by atoms with Gasteiger partial charge in [0.25, 0.3) is 0 Å². The molecule has 0 aromatic heterocycles. The van der Waals surface area contributed by atoms with Crippen molar-refractivity contribution in [3.63, 3.8) is 0 Å². The second kappa shape index (κ2) is 11.0. The molecule has 3 nitrogen and oxygen atoms in total. The fourth-order valence-electron chi connectivity index (χ4n) is 1.36. The summed E-state index contributed by atoms with van der Waals surface area (Å²) < 4.78 is 17.1. The van der Waals surface area contributed by atoms with Crippen molar-refractivity contribution in [1.29, 1.82) is 0 Å². The molecule has 0 N–H and O–H groups in total. The Bertz CT molecular complexity index is 160. The molecule has 0 aliphatic heterocycles. The summed E-state index contributed by atoms with van der Waals surface area (Å²) in [6.07, 6.45) is 3.88. The Morgan fingerprint density at radius 2 is 1.71 bits per heavy atom. The van der Waals surface area contributed by atoms with Crippen LogP contribution in [0, 0.1) is 0 Å². The molecular weight excluding hydrogens is 216 g/mol. The third-order valence-electron chi connectivity index (χ3n) is 2.55. The van der Waals surface area contributed by atoms with Gasteiger partial charge in [0.15, 0.2) is 0 Å². The van der Waals surface area contributed by atoms with Crippen molar-refractivity contribution in [1.82, 2.24) is 0 Å². The number of hydrogen-bond donors (Lipinski definition) is 0. The number of unbranched alkanes of at least 4 members (excludes halogenated alkanes) is 1. The molecule has 0 rings (SSSR count). The summed E-state index contributed by atoms with van der Waals surface area (Å²) in [5.74, 6) is 0. The van der Waals surface area contributed by atoms with Crippen molar-refractivity contribution >= 4 is 0 Å². The summed E-state index contributed by atoms with van der Waals surface area (Å²) in [6.45, 7) is 12.5. The number of rotatable bonds is 11. The van der Waals surface area contributed by atoms with Crippen molar-refractivity contribution in [2.75, 3.05) is 19.8 Å². The van der Waals surface area contributed by atoms with Crippen molar-refractivity contribution in [2.45, 2.75) is 72.2 Å². The van der Waals surface area contributed by atoms with Gasteiger partial charge in [-0.05, 0) is 33.6 Å². The van der Waals surface area contributed by atoms with Gasteiger partial charge >= 0.3 is 0 Å². The Morgan fingerprint density at radius 1 is 1.00 bits per heavy atom. The lowest BCUT2D eigenvalue weighted by atomic mass is 10.3. The molecule has 104 valence electrons. The van der Waals surface area contributed by atoms with E-state index in [9.17, 15) is 0 Å². The predicted molar refractivity (Wildman–Crippen MR) is 71.4 cm³/mol. The zero-order valence-corrected chi connectivity index (χ0v) is 12.2. The molecule has 0 aliphatic carbocycles. The van der Waals surface area contributed by atoms with Gasteiger partial charge in [0, 0.05) is 6.61 Å². The van der Waals surface area contributed by atoms with E-state index < -0.39 is 0 Å². The highest BCUT2D eigenvalue weighted by molar-refractivity contribution is 4.59. The van der Waals surface area contributed by atoms with Gasteiger partial charge in [-0.1, -0.05) is 20.3 Å². The molecule has 0 heterocycles. The minimum Gasteiger partial charge on any atom is -0.379 e. The van der Waals surface area contributed by atoms with Crippen molar-refractivity contribution in [3.05, 3.63) is 0 Å². The van der Waals surface area contributed by atoms with E-state index in [0.717, 1.165) is 19.4 Å². The average molecular weight is 246 g/mol. The first-order chi connectivity index (χ1) is 8.10. The molecule has 0 aliphatic rings. The molecule has 0 aromatic rings. The lowest BCUT2D eigenvalue weighted by Crippen LogP contribution is -2.30. The Morgan fingerprint density at radius 3 is 2.24 bits per heavy atom. The topological polar surface area (TPSA) is 27.7 Å². The maximum atomic E-state index is 5.78. The van der Waals surface area contributed by atoms with Gasteiger partial charge in [-0.15, -0.1) is 0 Å². The van der Waals surface area contributed by atoms with E-state index in [2.05, 4.69) is 20.8 Å². The Kier molecular flexibility index (Phi) is 10.9. The van der Waals surface area contributed by atoms with Crippen LogP contribution < -0.4 is 0 Å². The summed E-state index contributed by atoms with van der Waals surface area (Å²) in [5, 5.41) is 0. The number of ether oxygens (including phenoxy) is 3. The van der Waals surface area contributed by atoms with Crippen LogP contribution >= 0.6 is 0 Å². The van der Waals surface area contributed by atoms with Crippen LogP contribution in [0.1, 0.15) is 53.9 Å². The molecular formula is C14H30O3. The predicted octanol–water partition coefficient (Wildman–Crippen LogP) is 3.41. The van der Waals surface area contributed by atoms with E-state index >= 15 is 0 Å². The molecule has 0 fully saturated rings. The molecule has 17 heavy (non-hydrogen) atoms. The molecule has 0 spiro atoms. The summed E-state index contributed by atoms with van der Waals surface area (Å²) in [6, 6.07) is 0. The Labute approximate surface area is 107 Å². The minimum atomic E-state index is 0.0563. The Hall–Kier alpha value is -0.120. The molecule has 0 radical (unpaired) electrons. The molecule has 2 atom stereocenters. The quantitative estimate of drug-likeness (QED) is 0.523. The molecule has 0 aromatic carbocycles. The standard InChI is InChI=1S/C14H30O3/c1-6-8-9-15-10-14(17-12(3)4)11-16-13(5)7-2/h12-14H,6-11H2,1-5H3. The van der Waals surface area contributed by atoms with Crippen molar-refractivity contribution in [3.8, 4) is 0 Å². The van der Waals surface area contributed by atoms with Crippen LogP contribution in [0.2, 0.25) is 0 Å². The summed E-state index contributed by atoms with van der Waals surface area (Å²) in [4.78, 5) is 0. The van der Waals surface area contributed by atoms with E-state index in [1.165, 1.54) is 6.42 Å². The normalized spacial score (nSPS) is 15.2. The van der Waals surface area contributed by atoms with Crippen LogP contribution in [-0.4, -0.2) is 38.1 Å². The fraction of sp³-hybridized carbons (Fsp3) is 1.00. The first-order valence-corrected chi connectivity index (χ1v) is 6.94. The Balaban J connectivity index is 3.79. The lowest BCUT2D eigenvalue weighted by molar-refractivity contribution is -0.0937. The van der Waals surface area contributed by atoms with E-state index in [0.29, 0.717) is 19.3 Å². The average Bonchev–Trinajstić information content (AvgIpc) is 2.30. The van der Waals surface area contributed by atoms with Crippen LogP contribution in [0.15, 0.2) is 0 Å². The molecule has 0 saturated heterocycles. The molecule has 3 heteroatoms. The van der Waals surface area contributed by atoms with Crippen molar-refractivity contribution < 1.29 is 14.2 Å². The van der Waals surface area contributed by atoms with Gasteiger partial charge in [-0.2, -0.15) is 0 Å².